The van der Waals surface area contributed by atoms with E-state index >= 15 is 0 Å². The number of pyridine rings is 1. The molecule has 0 aliphatic carbocycles. The van der Waals surface area contributed by atoms with Crippen LogP contribution in [0.4, 0.5) is 5.82 Å². The van der Waals surface area contributed by atoms with Gasteiger partial charge in [0.15, 0.2) is 0 Å². The molecule has 3 N–H and O–H groups in total. The fraction of sp³-hybridized carbons (Fsp3) is 0.143. The molecule has 4 nitrogen and oxygen atoms in total. The largest absolute Gasteiger partial charge is 0.497 e. The number of ether oxygens (including phenoxy) is 1. The van der Waals surface area contributed by atoms with Crippen molar-refractivity contribution in [3.63, 3.8) is 0 Å². The smallest absolute Gasteiger partial charge is 0.126 e. The predicted octanol–water partition coefficient (Wildman–Crippen LogP) is 2.34. The van der Waals surface area contributed by atoms with Crippen molar-refractivity contribution < 1.29 is 4.74 Å². The summed E-state index contributed by atoms with van der Waals surface area (Å²) >= 11 is 4.88. The topological polar surface area (TPSA) is 60.2 Å². The molecule has 1 heterocycles. The Kier molecular flexibility index (Phi) is 4.30. The van der Waals surface area contributed by atoms with Gasteiger partial charge < -0.3 is 15.8 Å². The van der Waals surface area contributed by atoms with E-state index in [0.717, 1.165) is 22.7 Å². The summed E-state index contributed by atoms with van der Waals surface area (Å²) in [6, 6.07) is 11.6. The lowest BCUT2D eigenvalue weighted by molar-refractivity contribution is 0.414. The molecule has 19 heavy (non-hydrogen) atoms. The van der Waals surface area contributed by atoms with Gasteiger partial charge in [-0.3, -0.25) is 0 Å². The molecule has 0 fully saturated rings. The number of methoxy groups -OCH3 is 1. The van der Waals surface area contributed by atoms with Crippen LogP contribution in [0.3, 0.4) is 0 Å². The summed E-state index contributed by atoms with van der Waals surface area (Å²) in [4.78, 5) is 4.60. The maximum atomic E-state index is 5.52. The van der Waals surface area contributed by atoms with Crippen LogP contribution < -0.4 is 15.8 Å². The van der Waals surface area contributed by atoms with Crippen LogP contribution in [0.25, 0.3) is 0 Å². The Balaban J connectivity index is 1.95. The SMILES string of the molecule is COc1ccc(CNc2ccc(C(N)=S)cn2)cc1. The minimum atomic E-state index is 0.356. The molecule has 0 saturated heterocycles. The first-order chi connectivity index (χ1) is 9.19. The molecule has 0 amide bonds. The molecule has 0 radical (unpaired) electrons. The number of hydrogen-bond acceptors (Lipinski definition) is 4. The van der Waals surface area contributed by atoms with Crippen molar-refractivity contribution in [2.45, 2.75) is 6.54 Å². The lowest BCUT2D eigenvalue weighted by Gasteiger charge is -2.07. The number of nitrogens with zero attached hydrogens (tertiary/aromatic N) is 1. The van der Waals surface area contributed by atoms with Gasteiger partial charge in [-0.15, -0.1) is 0 Å². The van der Waals surface area contributed by atoms with E-state index in [1.54, 1.807) is 13.3 Å². The number of benzene rings is 1. The molecule has 0 atom stereocenters. The maximum Gasteiger partial charge on any atom is 0.126 e. The number of nitrogens with one attached hydrogen (secondary N) is 1. The van der Waals surface area contributed by atoms with Crippen LogP contribution in [0.15, 0.2) is 42.6 Å². The predicted molar refractivity (Wildman–Crippen MR) is 80.4 cm³/mol. The normalized spacial score (nSPS) is 9.95. The molecule has 1 aromatic carbocycles. The van der Waals surface area contributed by atoms with Crippen molar-refractivity contribution in [3.05, 3.63) is 53.7 Å². The molecule has 1 aromatic heterocycles. The van der Waals surface area contributed by atoms with Crippen LogP contribution in [-0.4, -0.2) is 17.1 Å². The van der Waals surface area contributed by atoms with E-state index in [-0.39, 0.29) is 0 Å². The van der Waals surface area contributed by atoms with Gasteiger partial charge in [0, 0.05) is 18.3 Å². The van der Waals surface area contributed by atoms with Gasteiger partial charge in [-0.25, -0.2) is 4.98 Å². The molecule has 0 unspecified atom stereocenters. The van der Waals surface area contributed by atoms with Crippen LogP contribution in [-0.2, 0) is 6.54 Å². The highest BCUT2D eigenvalue weighted by atomic mass is 32.1. The van der Waals surface area contributed by atoms with Gasteiger partial charge in [-0.2, -0.15) is 0 Å². The second-order valence-electron chi connectivity index (χ2n) is 4.00. The summed E-state index contributed by atoms with van der Waals surface area (Å²) in [6.07, 6.45) is 1.67. The third-order valence-corrected chi connectivity index (χ3v) is 2.92. The summed E-state index contributed by atoms with van der Waals surface area (Å²) in [7, 11) is 1.65. The van der Waals surface area contributed by atoms with E-state index in [0.29, 0.717) is 11.5 Å². The lowest BCUT2D eigenvalue weighted by atomic mass is 10.2. The third-order valence-electron chi connectivity index (χ3n) is 2.68. The van der Waals surface area contributed by atoms with Crippen LogP contribution in [0.5, 0.6) is 5.75 Å². The van der Waals surface area contributed by atoms with Gasteiger partial charge in [0.25, 0.3) is 0 Å². The average molecular weight is 273 g/mol. The Morgan fingerprint density at radius 2 is 2.00 bits per heavy atom. The van der Waals surface area contributed by atoms with E-state index in [4.69, 9.17) is 22.7 Å². The Hall–Kier alpha value is -2.14. The molecule has 0 aliphatic heterocycles. The standard InChI is InChI=1S/C14H15N3OS/c1-18-12-5-2-10(3-6-12)8-16-13-7-4-11(9-17-13)14(15)19/h2-7,9H,8H2,1H3,(H2,15,19)(H,16,17). The molecule has 2 rings (SSSR count). The molecule has 2 aromatic rings. The lowest BCUT2D eigenvalue weighted by Crippen LogP contribution is -2.10. The summed E-state index contributed by atoms with van der Waals surface area (Å²) in [5.74, 6) is 1.64. The second kappa shape index (κ2) is 6.15. The number of nitrogens with two attached hydrogens (primary N) is 1. The number of rotatable bonds is 5. The van der Waals surface area contributed by atoms with Gasteiger partial charge in [-0.1, -0.05) is 24.4 Å². The van der Waals surface area contributed by atoms with Crippen molar-refractivity contribution in [1.82, 2.24) is 4.98 Å². The number of thiocarbonyl (C=S) groups is 1. The summed E-state index contributed by atoms with van der Waals surface area (Å²) < 4.78 is 5.11. The van der Waals surface area contributed by atoms with E-state index < -0.39 is 0 Å². The fourth-order valence-corrected chi connectivity index (χ4v) is 1.70. The van der Waals surface area contributed by atoms with Gasteiger partial charge in [0.05, 0.1) is 7.11 Å². The van der Waals surface area contributed by atoms with Crippen molar-refractivity contribution in [1.29, 1.82) is 0 Å². The highest BCUT2D eigenvalue weighted by Gasteiger charge is 1.99. The third kappa shape index (κ3) is 3.66. The molecule has 0 bridgehead atoms. The van der Waals surface area contributed by atoms with Crippen LogP contribution >= 0.6 is 12.2 Å². The first-order valence-electron chi connectivity index (χ1n) is 5.81. The number of anilines is 1. The number of hydrogen-bond donors (Lipinski definition) is 2. The van der Waals surface area contributed by atoms with Gasteiger partial charge in [-0.05, 0) is 29.8 Å². The van der Waals surface area contributed by atoms with Crippen molar-refractivity contribution in [3.8, 4) is 5.75 Å². The monoisotopic (exact) mass is 273 g/mol. The highest BCUT2D eigenvalue weighted by molar-refractivity contribution is 7.80. The van der Waals surface area contributed by atoms with Crippen LogP contribution in [0, 0.1) is 0 Å². The van der Waals surface area contributed by atoms with Gasteiger partial charge >= 0.3 is 0 Å². The van der Waals surface area contributed by atoms with Crippen molar-refractivity contribution in [2.24, 2.45) is 5.73 Å². The van der Waals surface area contributed by atoms with Gasteiger partial charge in [0.2, 0.25) is 0 Å². The van der Waals surface area contributed by atoms with Crippen molar-refractivity contribution in [2.75, 3.05) is 12.4 Å². The molecular formula is C14H15N3OS. The summed E-state index contributed by atoms with van der Waals surface area (Å²) in [5, 5.41) is 3.23. The molecule has 5 heteroatoms. The Bertz CT molecular complexity index is 552. The molecule has 98 valence electrons. The molecule has 0 saturated carbocycles. The fourth-order valence-electron chi connectivity index (χ4n) is 1.58. The first kappa shape index (κ1) is 13.3. The van der Waals surface area contributed by atoms with E-state index in [9.17, 15) is 0 Å². The van der Waals surface area contributed by atoms with E-state index in [1.165, 1.54) is 0 Å². The Labute approximate surface area is 117 Å². The first-order valence-corrected chi connectivity index (χ1v) is 6.22. The minimum Gasteiger partial charge on any atom is -0.497 e. The quantitative estimate of drug-likeness (QED) is 0.819. The zero-order chi connectivity index (χ0) is 13.7. The van der Waals surface area contributed by atoms with E-state index in [1.807, 2.05) is 36.4 Å². The summed E-state index contributed by atoms with van der Waals surface area (Å²) in [6.45, 7) is 0.698. The van der Waals surface area contributed by atoms with Gasteiger partial charge in [0.1, 0.15) is 16.6 Å². The van der Waals surface area contributed by atoms with Crippen LogP contribution in [0.1, 0.15) is 11.1 Å². The molecule has 0 spiro atoms. The summed E-state index contributed by atoms with van der Waals surface area (Å²) in [5.41, 5.74) is 7.44. The zero-order valence-corrected chi connectivity index (χ0v) is 11.4. The molecule has 0 aliphatic rings. The zero-order valence-electron chi connectivity index (χ0n) is 10.6. The Morgan fingerprint density at radius 1 is 1.26 bits per heavy atom. The van der Waals surface area contributed by atoms with Crippen molar-refractivity contribution >= 4 is 23.0 Å². The Morgan fingerprint density at radius 3 is 2.53 bits per heavy atom. The molecular weight excluding hydrogens is 258 g/mol. The minimum absolute atomic E-state index is 0.356. The number of aromatic nitrogens is 1. The van der Waals surface area contributed by atoms with Crippen LogP contribution in [0.2, 0.25) is 0 Å². The van der Waals surface area contributed by atoms with E-state index in [2.05, 4.69) is 10.3 Å². The maximum absolute atomic E-state index is 5.52. The highest BCUT2D eigenvalue weighted by Crippen LogP contribution is 2.13. The second-order valence-corrected chi connectivity index (χ2v) is 4.44. The average Bonchev–Trinajstić information content (AvgIpc) is 2.46.